The van der Waals surface area contributed by atoms with E-state index in [1.807, 2.05) is 17.0 Å². The largest absolute Gasteiger partial charge is 0.497 e. The Balaban J connectivity index is 1.32. The van der Waals surface area contributed by atoms with Gasteiger partial charge in [0.05, 0.1) is 7.11 Å². The molecular weight excluding hydrogens is 348 g/mol. The van der Waals surface area contributed by atoms with Crippen LogP contribution in [0.3, 0.4) is 0 Å². The van der Waals surface area contributed by atoms with E-state index in [1.165, 1.54) is 22.0 Å². The lowest BCUT2D eigenvalue weighted by Gasteiger charge is -2.36. The number of amides is 1. The van der Waals surface area contributed by atoms with Crippen LogP contribution < -0.4 is 9.64 Å². The average molecular weight is 374 g/mol. The smallest absolute Gasteiger partial charge is 0.223 e. The number of hydrogen-bond acceptors (Lipinski definition) is 3. The molecule has 0 aromatic heterocycles. The lowest BCUT2D eigenvalue weighted by atomic mass is 10.0. The van der Waals surface area contributed by atoms with Gasteiger partial charge < -0.3 is 14.5 Å². The highest BCUT2D eigenvalue weighted by Crippen LogP contribution is 2.22. The van der Waals surface area contributed by atoms with Gasteiger partial charge in [0.25, 0.3) is 0 Å². The van der Waals surface area contributed by atoms with E-state index in [0.29, 0.717) is 6.42 Å². The third kappa shape index (κ3) is 3.96. The monoisotopic (exact) mass is 374 g/mol. The van der Waals surface area contributed by atoms with Gasteiger partial charge in [-0.2, -0.15) is 0 Å². The summed E-state index contributed by atoms with van der Waals surface area (Å²) in [7, 11) is 1.68. The summed E-state index contributed by atoms with van der Waals surface area (Å²) in [5, 5.41) is 2.49. The highest BCUT2D eigenvalue weighted by Gasteiger charge is 2.21. The molecule has 0 bridgehead atoms. The van der Waals surface area contributed by atoms with Crippen LogP contribution in [0.5, 0.6) is 5.75 Å². The summed E-state index contributed by atoms with van der Waals surface area (Å²) in [5.41, 5.74) is 2.44. The number of nitrogens with zero attached hydrogens (tertiary/aromatic N) is 2. The molecule has 4 heteroatoms. The maximum Gasteiger partial charge on any atom is 0.223 e. The van der Waals surface area contributed by atoms with Crippen LogP contribution in [0.4, 0.5) is 5.69 Å². The summed E-state index contributed by atoms with van der Waals surface area (Å²) in [6.45, 7) is 3.29. The van der Waals surface area contributed by atoms with Gasteiger partial charge in [-0.3, -0.25) is 4.79 Å². The molecule has 3 aromatic carbocycles. The molecule has 4 rings (SSSR count). The Morgan fingerprint density at radius 3 is 2.36 bits per heavy atom. The van der Waals surface area contributed by atoms with Crippen molar-refractivity contribution in [2.75, 3.05) is 38.2 Å². The van der Waals surface area contributed by atoms with E-state index in [-0.39, 0.29) is 5.91 Å². The van der Waals surface area contributed by atoms with Crippen LogP contribution >= 0.6 is 0 Å². The maximum atomic E-state index is 12.7. The van der Waals surface area contributed by atoms with Crippen molar-refractivity contribution in [2.45, 2.75) is 12.8 Å². The number of fused-ring (bicyclic) bond motifs is 1. The highest BCUT2D eigenvalue weighted by atomic mass is 16.5. The number of hydrogen-bond donors (Lipinski definition) is 0. The first-order valence-corrected chi connectivity index (χ1v) is 9.88. The lowest BCUT2D eigenvalue weighted by Crippen LogP contribution is -2.48. The number of carbonyl (C=O) groups is 1. The van der Waals surface area contributed by atoms with Crippen LogP contribution in [0.25, 0.3) is 10.8 Å². The summed E-state index contributed by atoms with van der Waals surface area (Å²) in [6, 6.07) is 22.8. The summed E-state index contributed by atoms with van der Waals surface area (Å²) in [6.07, 6.45) is 1.36. The molecule has 0 radical (unpaired) electrons. The zero-order valence-corrected chi connectivity index (χ0v) is 16.3. The quantitative estimate of drug-likeness (QED) is 0.673. The number of benzene rings is 3. The molecule has 4 nitrogen and oxygen atoms in total. The van der Waals surface area contributed by atoms with Crippen LogP contribution in [0.2, 0.25) is 0 Å². The van der Waals surface area contributed by atoms with Crippen LogP contribution in [0.15, 0.2) is 66.7 Å². The minimum absolute atomic E-state index is 0.252. The van der Waals surface area contributed by atoms with Crippen LogP contribution in [-0.2, 0) is 11.2 Å². The topological polar surface area (TPSA) is 32.8 Å². The molecule has 3 aromatic rings. The lowest BCUT2D eigenvalue weighted by molar-refractivity contribution is -0.131. The minimum Gasteiger partial charge on any atom is -0.497 e. The van der Waals surface area contributed by atoms with Crippen molar-refractivity contribution >= 4 is 22.4 Å². The molecule has 1 heterocycles. The van der Waals surface area contributed by atoms with Crippen molar-refractivity contribution in [1.82, 2.24) is 4.90 Å². The predicted molar refractivity (Wildman–Crippen MR) is 114 cm³/mol. The van der Waals surface area contributed by atoms with Crippen molar-refractivity contribution < 1.29 is 9.53 Å². The zero-order valence-electron chi connectivity index (χ0n) is 16.3. The van der Waals surface area contributed by atoms with Crippen molar-refractivity contribution in [3.8, 4) is 5.75 Å². The first kappa shape index (κ1) is 18.4. The SMILES string of the molecule is COc1ccc(N2CCN(C(=O)CCc3cccc4ccccc34)CC2)cc1. The summed E-state index contributed by atoms with van der Waals surface area (Å²) in [4.78, 5) is 17.1. The molecule has 0 N–H and O–H groups in total. The second-order valence-electron chi connectivity index (χ2n) is 7.20. The van der Waals surface area contributed by atoms with E-state index in [2.05, 4.69) is 59.5 Å². The van der Waals surface area contributed by atoms with Gasteiger partial charge in [-0.15, -0.1) is 0 Å². The summed E-state index contributed by atoms with van der Waals surface area (Å²) >= 11 is 0. The molecule has 0 spiro atoms. The van der Waals surface area contributed by atoms with Crippen LogP contribution in [0.1, 0.15) is 12.0 Å². The average Bonchev–Trinajstić information content (AvgIpc) is 2.77. The Morgan fingerprint density at radius 2 is 1.61 bits per heavy atom. The van der Waals surface area contributed by atoms with Crippen molar-refractivity contribution in [1.29, 1.82) is 0 Å². The van der Waals surface area contributed by atoms with Gasteiger partial charge in [0.1, 0.15) is 5.75 Å². The number of methoxy groups -OCH3 is 1. The fourth-order valence-electron chi connectivity index (χ4n) is 3.92. The van der Waals surface area contributed by atoms with Crippen molar-refractivity contribution in [2.24, 2.45) is 0 Å². The Hall–Kier alpha value is -3.01. The van der Waals surface area contributed by atoms with Crippen molar-refractivity contribution in [3.05, 3.63) is 72.3 Å². The number of carbonyl (C=O) groups excluding carboxylic acids is 1. The van der Waals surface area contributed by atoms with Crippen molar-refractivity contribution in [3.63, 3.8) is 0 Å². The van der Waals surface area contributed by atoms with E-state index < -0.39 is 0 Å². The van der Waals surface area contributed by atoms with Gasteiger partial charge in [0, 0.05) is 38.3 Å². The molecule has 0 saturated carbocycles. The molecule has 1 saturated heterocycles. The highest BCUT2D eigenvalue weighted by molar-refractivity contribution is 5.86. The van der Waals surface area contributed by atoms with Gasteiger partial charge in [0.2, 0.25) is 5.91 Å². The molecule has 0 aliphatic carbocycles. The molecule has 0 atom stereocenters. The molecule has 1 fully saturated rings. The minimum atomic E-state index is 0.252. The molecule has 1 amide bonds. The van der Waals surface area contributed by atoms with Gasteiger partial charge >= 0.3 is 0 Å². The molecule has 144 valence electrons. The predicted octanol–water partition coefficient (Wildman–Crippen LogP) is 4.13. The van der Waals surface area contributed by atoms with E-state index in [0.717, 1.165) is 38.3 Å². The number of rotatable bonds is 5. The van der Waals surface area contributed by atoms with Gasteiger partial charge in [-0.05, 0) is 47.0 Å². The third-order valence-corrected chi connectivity index (χ3v) is 5.56. The number of anilines is 1. The first-order valence-electron chi connectivity index (χ1n) is 9.88. The fourth-order valence-corrected chi connectivity index (χ4v) is 3.92. The molecule has 1 aliphatic heterocycles. The van der Waals surface area contributed by atoms with Gasteiger partial charge in [0.15, 0.2) is 0 Å². The van der Waals surface area contributed by atoms with E-state index in [4.69, 9.17) is 4.74 Å². The molecule has 28 heavy (non-hydrogen) atoms. The fraction of sp³-hybridized carbons (Fsp3) is 0.292. The molecule has 0 unspecified atom stereocenters. The van der Waals surface area contributed by atoms with Gasteiger partial charge in [-0.1, -0.05) is 42.5 Å². The molecule has 1 aliphatic rings. The molecular formula is C24H26N2O2. The number of ether oxygens (including phenoxy) is 1. The Kier molecular flexibility index (Phi) is 5.47. The Labute approximate surface area is 166 Å². The van der Waals surface area contributed by atoms with E-state index in [9.17, 15) is 4.79 Å². The van der Waals surface area contributed by atoms with Gasteiger partial charge in [-0.25, -0.2) is 0 Å². The standard InChI is InChI=1S/C24H26N2O2/c1-28-22-12-10-21(11-13-22)25-15-17-26(18-16-25)24(27)14-9-20-7-4-6-19-5-2-3-8-23(19)20/h2-8,10-13H,9,14-18H2,1H3. The van der Waals surface area contributed by atoms with Crippen LogP contribution in [0, 0.1) is 0 Å². The second-order valence-corrected chi connectivity index (χ2v) is 7.20. The number of aryl methyl sites for hydroxylation is 1. The summed E-state index contributed by atoms with van der Waals surface area (Å²) in [5.74, 6) is 1.12. The van der Waals surface area contributed by atoms with Crippen LogP contribution in [-0.4, -0.2) is 44.1 Å². The van der Waals surface area contributed by atoms with E-state index in [1.54, 1.807) is 7.11 Å². The van der Waals surface area contributed by atoms with E-state index >= 15 is 0 Å². The first-order chi connectivity index (χ1) is 13.7. The Bertz CT molecular complexity index is 939. The third-order valence-electron chi connectivity index (χ3n) is 5.56. The summed E-state index contributed by atoms with van der Waals surface area (Å²) < 4.78 is 5.22. The Morgan fingerprint density at radius 1 is 0.893 bits per heavy atom. The number of piperazine rings is 1. The second kappa shape index (κ2) is 8.34. The zero-order chi connectivity index (χ0) is 19.3. The normalized spacial score (nSPS) is 14.3. The maximum absolute atomic E-state index is 12.7.